The predicted octanol–water partition coefficient (Wildman–Crippen LogP) is 2.76. The molecule has 1 aromatic heterocycles. The van der Waals surface area contributed by atoms with Gasteiger partial charge in [0.15, 0.2) is 0 Å². The highest BCUT2D eigenvalue weighted by atomic mass is 16.1. The van der Waals surface area contributed by atoms with Gasteiger partial charge < -0.3 is 5.32 Å². The number of amides is 1. The molecule has 0 radical (unpaired) electrons. The van der Waals surface area contributed by atoms with E-state index in [-0.39, 0.29) is 5.91 Å². The molecule has 1 aromatic carbocycles. The fraction of sp³-hybridized carbons (Fsp3) is 0.444. The molecule has 1 N–H and O–H groups in total. The summed E-state index contributed by atoms with van der Waals surface area (Å²) >= 11 is 0. The number of pyridine rings is 1. The lowest BCUT2D eigenvalue weighted by Gasteiger charge is -2.23. The first-order valence-electron chi connectivity index (χ1n) is 8.07. The molecular weight excluding hydrogens is 274 g/mol. The second-order valence-corrected chi connectivity index (χ2v) is 5.96. The molecule has 0 saturated carbocycles. The number of hydrogen-bond donors (Lipinski definition) is 1. The largest absolute Gasteiger partial charge is 0.350 e. The summed E-state index contributed by atoms with van der Waals surface area (Å²) in [6, 6.07) is 10.2. The van der Waals surface area contributed by atoms with Crippen LogP contribution in [0.2, 0.25) is 0 Å². The van der Waals surface area contributed by atoms with E-state index >= 15 is 0 Å². The number of likely N-dealkylation sites (N-methyl/N-ethyl adjacent to an activating group) is 1. The average Bonchev–Trinajstić information content (AvgIpc) is 2.99. The molecule has 4 heteroatoms. The summed E-state index contributed by atoms with van der Waals surface area (Å²) in [5.74, 6) is 0.00431. The molecule has 1 fully saturated rings. The Morgan fingerprint density at radius 1 is 1.41 bits per heavy atom. The van der Waals surface area contributed by atoms with Crippen LogP contribution in [0.15, 0.2) is 30.3 Å². The van der Waals surface area contributed by atoms with Crippen molar-refractivity contribution in [1.29, 1.82) is 0 Å². The first-order chi connectivity index (χ1) is 10.7. The van der Waals surface area contributed by atoms with Crippen molar-refractivity contribution < 1.29 is 4.79 Å². The van der Waals surface area contributed by atoms with Crippen LogP contribution in [0.25, 0.3) is 10.9 Å². The Bertz CT molecular complexity index is 683. The quantitative estimate of drug-likeness (QED) is 0.944. The molecule has 116 valence electrons. The molecule has 4 nitrogen and oxygen atoms in total. The second kappa shape index (κ2) is 6.44. The standard InChI is InChI=1S/C18H23N3O/c1-3-21-10-6-7-14(21)12-19-18(22)16-11-13(2)20-17-9-5-4-8-15(16)17/h4-5,8-9,11,14H,3,6-7,10,12H2,1-2H3,(H,19,22). The van der Waals surface area contributed by atoms with E-state index in [0.717, 1.165) is 41.8 Å². The molecular formula is C18H23N3O. The average molecular weight is 297 g/mol. The maximum absolute atomic E-state index is 12.6. The summed E-state index contributed by atoms with van der Waals surface area (Å²) in [5.41, 5.74) is 2.48. The Morgan fingerprint density at radius 3 is 3.05 bits per heavy atom. The van der Waals surface area contributed by atoms with E-state index in [2.05, 4.69) is 22.1 Å². The molecule has 3 rings (SSSR count). The number of aryl methyl sites for hydroxylation is 1. The molecule has 2 heterocycles. The summed E-state index contributed by atoms with van der Waals surface area (Å²) in [7, 11) is 0. The zero-order valence-corrected chi connectivity index (χ0v) is 13.3. The summed E-state index contributed by atoms with van der Waals surface area (Å²) in [6.45, 7) is 7.04. The van der Waals surface area contributed by atoms with Crippen molar-refractivity contribution in [1.82, 2.24) is 15.2 Å². The summed E-state index contributed by atoms with van der Waals surface area (Å²) < 4.78 is 0. The maximum atomic E-state index is 12.6. The van der Waals surface area contributed by atoms with Gasteiger partial charge in [-0.1, -0.05) is 25.1 Å². The van der Waals surface area contributed by atoms with Gasteiger partial charge in [-0.15, -0.1) is 0 Å². The number of fused-ring (bicyclic) bond motifs is 1. The Balaban J connectivity index is 1.78. The summed E-state index contributed by atoms with van der Waals surface area (Å²) in [6.07, 6.45) is 2.40. The molecule has 1 atom stereocenters. The second-order valence-electron chi connectivity index (χ2n) is 5.96. The highest BCUT2D eigenvalue weighted by Gasteiger charge is 2.23. The third kappa shape index (κ3) is 2.97. The number of hydrogen-bond acceptors (Lipinski definition) is 3. The van der Waals surface area contributed by atoms with Gasteiger partial charge in [0.25, 0.3) is 5.91 Å². The number of aromatic nitrogens is 1. The molecule has 2 aromatic rings. The first kappa shape index (κ1) is 15.0. The van der Waals surface area contributed by atoms with Crippen LogP contribution in [0.3, 0.4) is 0 Å². The summed E-state index contributed by atoms with van der Waals surface area (Å²) in [5, 5.41) is 4.04. The van der Waals surface area contributed by atoms with Gasteiger partial charge in [0.1, 0.15) is 0 Å². The minimum atomic E-state index is 0.00431. The number of rotatable bonds is 4. The van der Waals surface area contributed by atoms with Crippen LogP contribution in [-0.2, 0) is 0 Å². The van der Waals surface area contributed by atoms with Gasteiger partial charge in [-0.05, 0) is 45.0 Å². The third-order valence-corrected chi connectivity index (χ3v) is 4.49. The van der Waals surface area contributed by atoms with E-state index in [1.807, 2.05) is 37.3 Å². The topological polar surface area (TPSA) is 45.2 Å². The number of carbonyl (C=O) groups excluding carboxylic acids is 1. The minimum absolute atomic E-state index is 0.00431. The third-order valence-electron chi connectivity index (χ3n) is 4.49. The molecule has 22 heavy (non-hydrogen) atoms. The van der Waals surface area contributed by atoms with Crippen molar-refractivity contribution in [2.75, 3.05) is 19.6 Å². The molecule has 1 amide bonds. The van der Waals surface area contributed by atoms with E-state index in [1.54, 1.807) is 0 Å². The van der Waals surface area contributed by atoms with Gasteiger partial charge in [-0.3, -0.25) is 14.7 Å². The first-order valence-corrected chi connectivity index (χ1v) is 8.07. The van der Waals surface area contributed by atoms with Crippen LogP contribution < -0.4 is 5.32 Å². The van der Waals surface area contributed by atoms with Gasteiger partial charge in [0.2, 0.25) is 0 Å². The number of benzene rings is 1. The lowest BCUT2D eigenvalue weighted by molar-refractivity contribution is 0.0943. The van der Waals surface area contributed by atoms with Crippen LogP contribution >= 0.6 is 0 Å². The Morgan fingerprint density at radius 2 is 2.23 bits per heavy atom. The van der Waals surface area contributed by atoms with Crippen molar-refractivity contribution in [2.24, 2.45) is 0 Å². The molecule has 0 aliphatic carbocycles. The highest BCUT2D eigenvalue weighted by Crippen LogP contribution is 2.19. The zero-order chi connectivity index (χ0) is 15.5. The number of nitrogens with one attached hydrogen (secondary N) is 1. The Hall–Kier alpha value is -1.94. The molecule has 1 aliphatic heterocycles. The molecule has 0 spiro atoms. The van der Waals surface area contributed by atoms with E-state index in [0.29, 0.717) is 6.04 Å². The predicted molar refractivity (Wildman–Crippen MR) is 89.1 cm³/mol. The van der Waals surface area contributed by atoms with Crippen molar-refractivity contribution in [3.8, 4) is 0 Å². The van der Waals surface area contributed by atoms with E-state index in [4.69, 9.17) is 0 Å². The fourth-order valence-corrected chi connectivity index (χ4v) is 3.34. The van der Waals surface area contributed by atoms with Crippen molar-refractivity contribution in [3.05, 3.63) is 41.6 Å². The normalized spacial score (nSPS) is 18.7. The van der Waals surface area contributed by atoms with Gasteiger partial charge in [-0.25, -0.2) is 0 Å². The van der Waals surface area contributed by atoms with Gasteiger partial charge in [0.05, 0.1) is 11.1 Å². The number of carbonyl (C=O) groups is 1. The van der Waals surface area contributed by atoms with Crippen LogP contribution in [0.5, 0.6) is 0 Å². The molecule has 1 unspecified atom stereocenters. The number of para-hydroxylation sites is 1. The van der Waals surface area contributed by atoms with Gasteiger partial charge >= 0.3 is 0 Å². The van der Waals surface area contributed by atoms with Crippen LogP contribution in [0, 0.1) is 6.92 Å². The van der Waals surface area contributed by atoms with Crippen LogP contribution in [-0.4, -0.2) is 41.5 Å². The van der Waals surface area contributed by atoms with Crippen LogP contribution in [0.4, 0.5) is 0 Å². The van der Waals surface area contributed by atoms with Crippen molar-refractivity contribution in [2.45, 2.75) is 32.7 Å². The monoisotopic (exact) mass is 297 g/mol. The molecule has 1 aliphatic rings. The fourth-order valence-electron chi connectivity index (χ4n) is 3.34. The number of nitrogens with zero attached hydrogens (tertiary/aromatic N) is 2. The van der Waals surface area contributed by atoms with Gasteiger partial charge in [-0.2, -0.15) is 0 Å². The smallest absolute Gasteiger partial charge is 0.252 e. The van der Waals surface area contributed by atoms with Crippen molar-refractivity contribution >= 4 is 16.8 Å². The lowest BCUT2D eigenvalue weighted by atomic mass is 10.1. The Labute approximate surface area is 131 Å². The lowest BCUT2D eigenvalue weighted by Crippen LogP contribution is -2.40. The van der Waals surface area contributed by atoms with E-state index in [9.17, 15) is 4.79 Å². The Kier molecular flexibility index (Phi) is 4.39. The van der Waals surface area contributed by atoms with Crippen molar-refractivity contribution in [3.63, 3.8) is 0 Å². The van der Waals surface area contributed by atoms with Crippen LogP contribution in [0.1, 0.15) is 35.8 Å². The number of likely N-dealkylation sites (tertiary alicyclic amines) is 1. The van der Waals surface area contributed by atoms with E-state index in [1.165, 1.54) is 12.8 Å². The molecule has 0 bridgehead atoms. The molecule has 1 saturated heterocycles. The maximum Gasteiger partial charge on any atom is 0.252 e. The highest BCUT2D eigenvalue weighted by molar-refractivity contribution is 6.06. The summed E-state index contributed by atoms with van der Waals surface area (Å²) in [4.78, 5) is 19.5. The SMILES string of the molecule is CCN1CCCC1CNC(=O)c1cc(C)nc2ccccc12. The zero-order valence-electron chi connectivity index (χ0n) is 13.3. The van der Waals surface area contributed by atoms with E-state index < -0.39 is 0 Å². The minimum Gasteiger partial charge on any atom is -0.350 e. The van der Waals surface area contributed by atoms with Gasteiger partial charge in [0, 0.05) is 23.7 Å².